The molecule has 2 saturated carbocycles. The summed E-state index contributed by atoms with van der Waals surface area (Å²) in [7, 11) is -5.86. The Balaban J connectivity index is 1.43. The van der Waals surface area contributed by atoms with Crippen LogP contribution in [0.1, 0.15) is 69.4 Å². The van der Waals surface area contributed by atoms with E-state index >= 15 is 0 Å². The van der Waals surface area contributed by atoms with Crippen LogP contribution in [-0.2, 0) is 14.9 Å². The quantitative estimate of drug-likeness (QED) is 0.452. The number of alkyl halides is 3. The molecule has 2 saturated heterocycles. The van der Waals surface area contributed by atoms with E-state index < -0.39 is 27.1 Å². The number of aromatic nitrogens is 1. The lowest BCUT2D eigenvalue weighted by Gasteiger charge is -2.63. The molecule has 1 aromatic carbocycles. The predicted octanol–water partition coefficient (Wildman–Crippen LogP) is 4.49. The van der Waals surface area contributed by atoms with Crippen LogP contribution in [0.2, 0.25) is 0 Å². The van der Waals surface area contributed by atoms with Crippen LogP contribution in [0.3, 0.4) is 0 Å². The summed E-state index contributed by atoms with van der Waals surface area (Å²) < 4.78 is 67.2. The van der Waals surface area contributed by atoms with Crippen LogP contribution in [0, 0.1) is 12.3 Å². The zero-order valence-corrected chi connectivity index (χ0v) is 20.6. The Morgan fingerprint density at radius 2 is 1.89 bits per heavy atom. The molecule has 0 radical (unpaired) electrons. The zero-order valence-electron chi connectivity index (χ0n) is 19.8. The molecule has 7 nitrogen and oxygen atoms in total. The molecular weight excluding hydrogens is 485 g/mol. The summed E-state index contributed by atoms with van der Waals surface area (Å²) in [6.07, 6.45) is 5.30. The highest BCUT2D eigenvalue weighted by Crippen LogP contribution is 2.57. The summed E-state index contributed by atoms with van der Waals surface area (Å²) in [5.41, 5.74) is -5.08. The van der Waals surface area contributed by atoms with Crippen molar-refractivity contribution >= 4 is 26.9 Å². The van der Waals surface area contributed by atoms with Gasteiger partial charge in [-0.15, -0.1) is 0 Å². The van der Waals surface area contributed by atoms with Crippen molar-refractivity contribution in [3.63, 3.8) is 0 Å². The number of H-pyrrole nitrogens is 1. The summed E-state index contributed by atoms with van der Waals surface area (Å²) in [6, 6.07) is 3.07. The molecule has 4 bridgehead atoms. The van der Waals surface area contributed by atoms with Crippen molar-refractivity contribution in [2.24, 2.45) is 5.41 Å². The molecule has 4 aliphatic rings. The fraction of sp³-hybridized carbons (Fsp3) is 0.625. The lowest BCUT2D eigenvalue weighted by Crippen LogP contribution is -2.68. The number of nitrogens with zero attached hydrogens (tertiary/aromatic N) is 1. The van der Waals surface area contributed by atoms with Gasteiger partial charge in [0.15, 0.2) is 5.75 Å². The fourth-order valence-corrected chi connectivity index (χ4v) is 7.49. The number of piperidine rings is 2. The molecule has 11 heteroatoms. The predicted molar refractivity (Wildman–Crippen MR) is 122 cm³/mol. The molecular formula is C24H29F3N2O5S. The number of aliphatic hydroxyl groups is 1. The number of fused-ring (bicyclic) bond motifs is 1. The first kappa shape index (κ1) is 24.4. The number of hydrogen-bond acceptors (Lipinski definition) is 5. The highest BCUT2D eigenvalue weighted by molar-refractivity contribution is 7.88. The average molecular weight is 515 g/mol. The Kier molecular flexibility index (Phi) is 5.31. The number of aromatic amines is 1. The Hall–Kier alpha value is -2.27. The van der Waals surface area contributed by atoms with Crippen LogP contribution in [0.5, 0.6) is 5.75 Å². The van der Waals surface area contributed by atoms with Crippen LogP contribution < -0.4 is 4.18 Å². The molecule has 3 heterocycles. The molecule has 4 fully saturated rings. The molecule has 3 atom stereocenters. The van der Waals surface area contributed by atoms with E-state index in [1.165, 1.54) is 13.0 Å². The number of hydrogen-bond donors (Lipinski definition) is 2. The fourth-order valence-electron chi connectivity index (χ4n) is 6.96. The normalized spacial score (nSPS) is 31.2. The van der Waals surface area contributed by atoms with Gasteiger partial charge in [-0.2, -0.15) is 21.6 Å². The molecule has 192 valence electrons. The molecule has 35 heavy (non-hydrogen) atoms. The highest BCUT2D eigenvalue weighted by atomic mass is 32.2. The Morgan fingerprint density at radius 3 is 2.46 bits per heavy atom. The summed E-state index contributed by atoms with van der Waals surface area (Å²) in [6.45, 7) is 5.43. The Labute approximate surface area is 201 Å². The van der Waals surface area contributed by atoms with Gasteiger partial charge in [-0.1, -0.05) is 19.9 Å². The number of benzene rings is 1. The molecule has 1 aromatic heterocycles. The molecule has 2 N–H and O–H groups in total. The van der Waals surface area contributed by atoms with Gasteiger partial charge >= 0.3 is 15.6 Å². The van der Waals surface area contributed by atoms with E-state index in [1.807, 2.05) is 4.90 Å². The molecule has 2 aliphatic heterocycles. The number of halogens is 3. The van der Waals surface area contributed by atoms with Crippen molar-refractivity contribution in [2.45, 2.75) is 88.4 Å². The van der Waals surface area contributed by atoms with Gasteiger partial charge in [0.05, 0.1) is 5.60 Å². The third-order valence-electron chi connectivity index (χ3n) is 8.03. The second-order valence-corrected chi connectivity index (χ2v) is 12.6. The maximum absolute atomic E-state index is 13.5. The van der Waals surface area contributed by atoms with Gasteiger partial charge in [-0.25, -0.2) is 0 Å². The summed E-state index contributed by atoms with van der Waals surface area (Å²) in [5, 5.41) is 11.2. The summed E-state index contributed by atoms with van der Waals surface area (Å²) in [5.74, 6) is -0.865. The van der Waals surface area contributed by atoms with E-state index in [0.29, 0.717) is 23.9 Å². The largest absolute Gasteiger partial charge is 0.534 e. The van der Waals surface area contributed by atoms with Crippen molar-refractivity contribution < 1.29 is 35.7 Å². The van der Waals surface area contributed by atoms with Crippen molar-refractivity contribution in [2.75, 3.05) is 0 Å². The van der Waals surface area contributed by atoms with Crippen LogP contribution in [0.25, 0.3) is 10.9 Å². The van der Waals surface area contributed by atoms with E-state index in [1.54, 1.807) is 19.2 Å². The Bertz CT molecular complexity index is 1270. The minimum absolute atomic E-state index is 0.0213. The molecule has 2 aromatic rings. The van der Waals surface area contributed by atoms with Crippen LogP contribution >= 0.6 is 0 Å². The first-order chi connectivity index (χ1) is 16.1. The van der Waals surface area contributed by atoms with E-state index in [0.717, 1.165) is 19.3 Å². The SMILES string of the molecule is Cc1ccc2[nH]cc(C(C)CC(=O)N3C4CC5(C)CC3CC(O)(C4)C5)c2c1OS(=O)(=O)C(F)(F)F. The van der Waals surface area contributed by atoms with Gasteiger partial charge in [0.25, 0.3) is 0 Å². The minimum Gasteiger partial charge on any atom is -0.390 e. The number of nitrogens with one attached hydrogen (secondary N) is 1. The van der Waals surface area contributed by atoms with Crippen LogP contribution in [-0.4, -0.2) is 52.5 Å². The number of carbonyl (C=O) groups excluding carboxylic acids is 1. The van der Waals surface area contributed by atoms with Gasteiger partial charge in [-0.3, -0.25) is 4.79 Å². The smallest absolute Gasteiger partial charge is 0.390 e. The van der Waals surface area contributed by atoms with Crippen molar-refractivity contribution in [1.82, 2.24) is 9.88 Å². The zero-order chi connectivity index (χ0) is 25.6. The van der Waals surface area contributed by atoms with Crippen LogP contribution in [0.15, 0.2) is 18.3 Å². The summed E-state index contributed by atoms with van der Waals surface area (Å²) in [4.78, 5) is 18.3. The minimum atomic E-state index is -5.86. The number of rotatable bonds is 5. The van der Waals surface area contributed by atoms with Gasteiger partial charge < -0.3 is 19.2 Å². The van der Waals surface area contributed by atoms with Gasteiger partial charge in [-0.05, 0) is 67.6 Å². The first-order valence-electron chi connectivity index (χ1n) is 11.8. The molecule has 1 amide bonds. The second-order valence-electron chi connectivity index (χ2n) is 11.1. The maximum atomic E-state index is 13.5. The lowest BCUT2D eigenvalue weighted by molar-refractivity contribution is -0.193. The van der Waals surface area contributed by atoms with E-state index in [-0.39, 0.29) is 46.5 Å². The second kappa shape index (κ2) is 7.61. The van der Waals surface area contributed by atoms with Gasteiger partial charge in [0, 0.05) is 35.6 Å². The third kappa shape index (κ3) is 4.00. The lowest BCUT2D eigenvalue weighted by atomic mass is 9.54. The number of amides is 1. The number of aryl methyl sites for hydroxylation is 1. The van der Waals surface area contributed by atoms with Crippen molar-refractivity contribution in [3.8, 4) is 5.75 Å². The van der Waals surface area contributed by atoms with Gasteiger partial charge in [0.2, 0.25) is 5.91 Å². The number of carbonyl (C=O) groups is 1. The Morgan fingerprint density at radius 1 is 1.26 bits per heavy atom. The van der Waals surface area contributed by atoms with Crippen molar-refractivity contribution in [3.05, 3.63) is 29.5 Å². The standard InChI is InChI=1S/C24H29F3N2O5S/c1-13-4-5-18-20(21(13)34-35(32,33)24(25,26)27)17(11-28-18)14(2)6-19(30)29-15-7-22(3)8-16(29)10-23(31,9-15)12-22/h4-5,11,14-16,28,31H,6-10,12H2,1-3H3. The third-order valence-corrected chi connectivity index (χ3v) is 8.99. The molecule has 2 aliphatic carbocycles. The summed E-state index contributed by atoms with van der Waals surface area (Å²) >= 11 is 0. The van der Waals surface area contributed by atoms with E-state index in [9.17, 15) is 31.5 Å². The molecule has 0 spiro atoms. The topological polar surface area (TPSA) is 99.7 Å². The van der Waals surface area contributed by atoms with Crippen molar-refractivity contribution in [1.29, 1.82) is 0 Å². The molecule has 6 rings (SSSR count). The highest BCUT2D eigenvalue weighted by Gasteiger charge is 2.59. The van der Waals surface area contributed by atoms with Crippen LogP contribution in [0.4, 0.5) is 13.2 Å². The van der Waals surface area contributed by atoms with E-state index in [2.05, 4.69) is 16.1 Å². The monoisotopic (exact) mass is 514 g/mol. The van der Waals surface area contributed by atoms with Gasteiger partial charge in [0.1, 0.15) is 0 Å². The van der Waals surface area contributed by atoms with E-state index in [4.69, 9.17) is 0 Å². The molecule has 3 unspecified atom stereocenters. The average Bonchev–Trinajstić information content (AvgIpc) is 3.11. The maximum Gasteiger partial charge on any atom is 0.534 e. The first-order valence-corrected chi connectivity index (χ1v) is 13.2.